The van der Waals surface area contributed by atoms with Crippen LogP contribution in [0.15, 0.2) is 76.5 Å². The molecule has 3 atom stereocenters. The van der Waals surface area contributed by atoms with E-state index in [1.165, 1.54) is 42.3 Å². The summed E-state index contributed by atoms with van der Waals surface area (Å²) in [5.74, 6) is -3.37. The molecule has 285 valence electrons. The third kappa shape index (κ3) is 10.3. The van der Waals surface area contributed by atoms with Crippen molar-refractivity contribution in [2.75, 3.05) is 29.8 Å². The van der Waals surface area contributed by atoms with Crippen molar-refractivity contribution in [3.63, 3.8) is 0 Å². The maximum absolute atomic E-state index is 14.7. The second-order valence-electron chi connectivity index (χ2n) is 12.7. The summed E-state index contributed by atoms with van der Waals surface area (Å²) in [5.41, 5.74) is 0.230. The molecule has 0 spiro atoms. The zero-order valence-electron chi connectivity index (χ0n) is 30.1. The molecule has 0 aromatic heterocycles. The van der Waals surface area contributed by atoms with Crippen LogP contribution in [0.2, 0.25) is 0 Å². The highest BCUT2D eigenvalue weighted by Crippen LogP contribution is 2.51. The quantitative estimate of drug-likeness (QED) is 0.0464. The van der Waals surface area contributed by atoms with Gasteiger partial charge in [0, 0.05) is 10.6 Å². The van der Waals surface area contributed by atoms with Crippen LogP contribution < -0.4 is 20.3 Å². The summed E-state index contributed by atoms with van der Waals surface area (Å²) in [5, 5.41) is 24.1. The van der Waals surface area contributed by atoms with E-state index in [9.17, 15) is 38.7 Å². The lowest BCUT2D eigenvalue weighted by Gasteiger charge is -2.34. The van der Waals surface area contributed by atoms with Crippen LogP contribution in [0.5, 0.6) is 11.5 Å². The van der Waals surface area contributed by atoms with Gasteiger partial charge >= 0.3 is 5.97 Å². The zero-order valence-corrected chi connectivity index (χ0v) is 32.7. The summed E-state index contributed by atoms with van der Waals surface area (Å²) in [4.78, 5) is 70.3. The third-order valence-electron chi connectivity index (χ3n) is 8.84. The van der Waals surface area contributed by atoms with Crippen LogP contribution in [-0.4, -0.2) is 74.5 Å². The number of carbonyl (C=O) groups excluding carboxylic acids is 4. The minimum absolute atomic E-state index is 0.0848. The minimum atomic E-state index is -1.54. The van der Waals surface area contributed by atoms with E-state index >= 15 is 0 Å². The number of thiol groups is 1. The second-order valence-corrected chi connectivity index (χ2v) is 16.1. The molecule has 4 N–H and O–H groups in total. The normalized spacial score (nSPS) is 15.5. The Labute approximate surface area is 321 Å². The molecule has 0 fully saturated rings. The monoisotopic (exact) mass is 784 g/mol. The first kappa shape index (κ1) is 41.6. The number of phenolic OH excluding ortho intramolecular Hbond substituents is 1. The first-order valence-corrected chi connectivity index (χ1v) is 21.1. The SMILES string of the molecule is CCCCC1(CCCC)C(=O)[SH]c2cc(OCC(=O)N[C@@H](C(=O)NC(C[S@+](C)[O-])C(=O)O)c3ccc(O)cc3)c(SC)cc2N(c2ccccc2)C1=O. The fourth-order valence-corrected chi connectivity index (χ4v) is 8.49. The largest absolute Gasteiger partial charge is 0.616 e. The molecule has 1 aliphatic rings. The van der Waals surface area contributed by atoms with Gasteiger partial charge in [0.05, 0.1) is 16.8 Å². The number of anilines is 2. The summed E-state index contributed by atoms with van der Waals surface area (Å²) < 4.78 is 17.8. The summed E-state index contributed by atoms with van der Waals surface area (Å²) in [6.45, 7) is 3.51. The number of para-hydroxylation sites is 1. The number of thioether (sulfide) groups is 1. The van der Waals surface area contributed by atoms with Crippen molar-refractivity contribution in [2.24, 2.45) is 5.41 Å². The maximum atomic E-state index is 14.7. The smallest absolute Gasteiger partial charge is 0.331 e. The summed E-state index contributed by atoms with van der Waals surface area (Å²) in [7, 11) is 0. The van der Waals surface area contributed by atoms with Crippen LogP contribution in [0, 0.1) is 5.41 Å². The Kier molecular flexibility index (Phi) is 15.1. The van der Waals surface area contributed by atoms with Crippen molar-refractivity contribution in [3.05, 3.63) is 72.3 Å². The van der Waals surface area contributed by atoms with Crippen LogP contribution in [0.25, 0.3) is 0 Å². The average Bonchev–Trinajstić information content (AvgIpc) is 3.22. The molecule has 0 saturated heterocycles. The number of phenols is 1. The number of aliphatic carboxylic acids is 1. The lowest BCUT2D eigenvalue weighted by molar-refractivity contribution is -0.141. The number of ether oxygens (including phenoxy) is 1. The number of aromatic hydroxyl groups is 1. The van der Waals surface area contributed by atoms with E-state index in [0.29, 0.717) is 64.4 Å². The average molecular weight is 785 g/mol. The molecule has 1 aliphatic heterocycles. The van der Waals surface area contributed by atoms with Crippen LogP contribution in [-0.2, 0) is 35.1 Å². The first-order chi connectivity index (χ1) is 25.3. The van der Waals surface area contributed by atoms with E-state index in [4.69, 9.17) is 4.74 Å². The predicted molar refractivity (Wildman–Crippen MR) is 209 cm³/mol. The Morgan fingerprint density at radius 1 is 1.00 bits per heavy atom. The molecule has 1 unspecified atom stereocenters. The number of hydrogen-bond donors (Lipinski definition) is 5. The number of nitrogens with zero attached hydrogens (tertiary/aromatic N) is 1. The Morgan fingerprint density at radius 3 is 2.21 bits per heavy atom. The number of amides is 3. The van der Waals surface area contributed by atoms with Gasteiger partial charge < -0.3 is 30.1 Å². The molecular weight excluding hydrogens is 739 g/mol. The number of carbonyl (C=O) groups is 5. The molecule has 12 nitrogen and oxygen atoms in total. The molecule has 0 bridgehead atoms. The van der Waals surface area contributed by atoms with E-state index in [1.54, 1.807) is 17.0 Å². The Morgan fingerprint density at radius 2 is 1.64 bits per heavy atom. The molecule has 1 heterocycles. The lowest BCUT2D eigenvalue weighted by Crippen LogP contribution is -2.50. The van der Waals surface area contributed by atoms with Crippen molar-refractivity contribution in [2.45, 2.75) is 74.2 Å². The molecular formula is C38H46N3O9S3. The highest BCUT2D eigenvalue weighted by Gasteiger charge is 2.50. The second kappa shape index (κ2) is 19.2. The number of fused-ring (bicyclic) bond motifs is 1. The van der Waals surface area contributed by atoms with Gasteiger partial charge in [0.15, 0.2) is 17.8 Å². The van der Waals surface area contributed by atoms with Gasteiger partial charge in [-0.05, 0) is 61.1 Å². The fourth-order valence-electron chi connectivity index (χ4n) is 6.03. The van der Waals surface area contributed by atoms with Crippen molar-refractivity contribution >= 4 is 74.9 Å². The number of unbranched alkanes of at least 4 members (excludes halogenated alkanes) is 2. The highest BCUT2D eigenvalue weighted by atomic mass is 32.2. The summed E-state index contributed by atoms with van der Waals surface area (Å²) in [6, 6.07) is 15.3. The number of rotatable bonds is 18. The molecule has 3 aromatic carbocycles. The van der Waals surface area contributed by atoms with E-state index in [0.717, 1.165) is 12.8 Å². The number of nitrogens with one attached hydrogen (secondary N) is 2. The van der Waals surface area contributed by atoms with Gasteiger partial charge in [0.1, 0.15) is 28.7 Å². The van der Waals surface area contributed by atoms with Crippen LogP contribution in [0.4, 0.5) is 11.4 Å². The Bertz CT molecular complexity index is 1770. The Balaban J connectivity index is 1.67. The van der Waals surface area contributed by atoms with E-state index < -0.39 is 53.1 Å². The predicted octanol–water partition coefficient (Wildman–Crippen LogP) is 5.69. The molecule has 3 aromatic rings. The molecule has 15 heteroatoms. The van der Waals surface area contributed by atoms with E-state index in [2.05, 4.69) is 10.6 Å². The summed E-state index contributed by atoms with van der Waals surface area (Å²) in [6.07, 6.45) is 7.09. The van der Waals surface area contributed by atoms with Gasteiger partial charge in [-0.1, -0.05) is 81.0 Å². The molecule has 3 amide bonds. The molecule has 53 heavy (non-hydrogen) atoms. The van der Waals surface area contributed by atoms with Gasteiger partial charge in [0.2, 0.25) is 11.8 Å². The van der Waals surface area contributed by atoms with Gasteiger partial charge in [-0.15, -0.1) is 23.5 Å². The standard InChI is InChI=1S/C38H46N3O9S3/c1-5-7-18-38(19-8-6-2)36(47)41(25-12-10-9-11-13-25)28-20-31(51-3)29(21-30(28)52-37(38)48)50-22-32(43)40-33(24-14-16-26(42)17-15-24)34(44)39-27(35(45)46)23-53(4)49/h9-17,20-21,27,33,42,52H,5-8,18-19,22-23H2,1-4H3,(H,39,44)(H,40,43)(H,45,46)/t27?,33-,53+/m1/s1. The zero-order chi connectivity index (χ0) is 38.7. The first-order valence-electron chi connectivity index (χ1n) is 17.3. The van der Waals surface area contributed by atoms with Gasteiger partial charge in [-0.25, -0.2) is 4.79 Å². The molecule has 0 aliphatic carbocycles. The van der Waals surface area contributed by atoms with Gasteiger partial charge in [-0.3, -0.25) is 24.1 Å². The van der Waals surface area contributed by atoms with Crippen molar-refractivity contribution in [1.82, 2.24) is 10.6 Å². The van der Waals surface area contributed by atoms with Crippen molar-refractivity contribution < 1.29 is 43.5 Å². The Hall–Kier alpha value is -4.18. The van der Waals surface area contributed by atoms with Gasteiger partial charge in [-0.2, -0.15) is 0 Å². The van der Waals surface area contributed by atoms with Crippen LogP contribution in [0.1, 0.15) is 64.0 Å². The third-order valence-corrected chi connectivity index (χ3v) is 11.6. The van der Waals surface area contributed by atoms with Crippen molar-refractivity contribution in [1.29, 1.82) is 0 Å². The highest BCUT2D eigenvalue weighted by molar-refractivity contribution is 8.14. The fraction of sp³-hybridized carbons (Fsp3) is 0.395. The van der Waals surface area contributed by atoms with Crippen LogP contribution >= 0.6 is 23.5 Å². The number of hydrogen-bond acceptors (Lipinski definition) is 9. The molecule has 4 rings (SSSR count). The van der Waals surface area contributed by atoms with Gasteiger partial charge in [0.25, 0.3) is 5.91 Å². The molecule has 1 radical (unpaired) electrons. The van der Waals surface area contributed by atoms with Crippen LogP contribution in [0.3, 0.4) is 0 Å². The molecule has 0 saturated carbocycles. The summed E-state index contributed by atoms with van der Waals surface area (Å²) >= 11 is 0.121. The maximum Gasteiger partial charge on any atom is 0.331 e. The van der Waals surface area contributed by atoms with E-state index in [-0.39, 0.29) is 28.1 Å². The minimum Gasteiger partial charge on any atom is -0.616 e. The van der Waals surface area contributed by atoms with Crippen molar-refractivity contribution in [3.8, 4) is 11.5 Å². The number of carboxylic acids is 1. The topological polar surface area (TPSA) is 185 Å². The van der Waals surface area contributed by atoms with E-state index in [1.807, 2.05) is 50.4 Å². The number of benzene rings is 3. The number of carboxylic acid groups (broad SMARTS) is 1. The lowest BCUT2D eigenvalue weighted by atomic mass is 9.77.